The second kappa shape index (κ2) is 5.67. The van der Waals surface area contributed by atoms with Crippen molar-refractivity contribution in [2.45, 2.75) is 11.4 Å². The second-order valence-electron chi connectivity index (χ2n) is 3.46. The van der Waals surface area contributed by atoms with Gasteiger partial charge in [0.15, 0.2) is 0 Å². The maximum Gasteiger partial charge on any atom is 0.0719 e. The average Bonchev–Trinajstić information content (AvgIpc) is 2.70. The van der Waals surface area contributed by atoms with Crippen LogP contribution in [0.5, 0.6) is 0 Å². The van der Waals surface area contributed by atoms with Gasteiger partial charge in [-0.05, 0) is 18.2 Å². The highest BCUT2D eigenvalue weighted by Gasteiger charge is 2.01. The highest BCUT2D eigenvalue weighted by Crippen LogP contribution is 2.27. The quantitative estimate of drug-likeness (QED) is 0.875. The van der Waals surface area contributed by atoms with E-state index < -0.39 is 0 Å². The van der Waals surface area contributed by atoms with Gasteiger partial charge in [0.25, 0.3) is 0 Å². The standard InChI is InChI=1S/C11H11Cl2N3S/c12-10-2-1-9(5-11(10)13)17-4-3-16-7-8(14)6-15-16/h1-2,5-7H,3-4,14H2. The van der Waals surface area contributed by atoms with Gasteiger partial charge in [-0.3, -0.25) is 4.68 Å². The van der Waals surface area contributed by atoms with Crippen molar-refractivity contribution in [3.8, 4) is 0 Å². The Morgan fingerprint density at radius 3 is 2.76 bits per heavy atom. The number of benzene rings is 1. The van der Waals surface area contributed by atoms with Crippen LogP contribution >= 0.6 is 35.0 Å². The summed E-state index contributed by atoms with van der Waals surface area (Å²) in [5.41, 5.74) is 6.26. The number of rotatable bonds is 4. The number of nitrogens with zero attached hydrogens (tertiary/aromatic N) is 2. The maximum absolute atomic E-state index is 5.93. The van der Waals surface area contributed by atoms with Gasteiger partial charge in [-0.25, -0.2) is 0 Å². The van der Waals surface area contributed by atoms with Gasteiger partial charge in [0.1, 0.15) is 0 Å². The normalized spacial score (nSPS) is 10.7. The van der Waals surface area contributed by atoms with Gasteiger partial charge < -0.3 is 5.73 Å². The van der Waals surface area contributed by atoms with Crippen molar-refractivity contribution in [3.05, 3.63) is 40.6 Å². The Bertz CT molecular complexity index is 513. The van der Waals surface area contributed by atoms with Crippen LogP contribution in [0.3, 0.4) is 0 Å². The molecule has 0 saturated heterocycles. The predicted octanol–water partition coefficient (Wildman–Crippen LogP) is 3.56. The first-order valence-electron chi connectivity index (χ1n) is 5.01. The topological polar surface area (TPSA) is 43.8 Å². The van der Waals surface area contributed by atoms with E-state index in [0.717, 1.165) is 17.2 Å². The molecule has 0 saturated carbocycles. The molecule has 2 rings (SSSR count). The van der Waals surface area contributed by atoms with E-state index in [2.05, 4.69) is 5.10 Å². The van der Waals surface area contributed by atoms with Gasteiger partial charge >= 0.3 is 0 Å². The van der Waals surface area contributed by atoms with E-state index in [1.165, 1.54) is 0 Å². The molecule has 17 heavy (non-hydrogen) atoms. The highest BCUT2D eigenvalue weighted by molar-refractivity contribution is 7.99. The second-order valence-corrected chi connectivity index (χ2v) is 5.44. The number of hydrogen-bond acceptors (Lipinski definition) is 3. The predicted molar refractivity (Wildman–Crippen MR) is 73.8 cm³/mol. The van der Waals surface area contributed by atoms with Crippen molar-refractivity contribution in [2.75, 3.05) is 11.5 Å². The zero-order valence-corrected chi connectivity index (χ0v) is 11.3. The Hall–Kier alpha value is -0.840. The van der Waals surface area contributed by atoms with Gasteiger partial charge in [-0.1, -0.05) is 23.2 Å². The molecule has 0 unspecified atom stereocenters. The molecule has 0 atom stereocenters. The fourth-order valence-corrected chi connectivity index (χ4v) is 2.57. The number of thioether (sulfide) groups is 1. The molecular weight excluding hydrogens is 277 g/mol. The largest absolute Gasteiger partial charge is 0.396 e. The molecule has 0 aliphatic carbocycles. The molecule has 90 valence electrons. The summed E-state index contributed by atoms with van der Waals surface area (Å²) in [6, 6.07) is 5.63. The first-order chi connectivity index (χ1) is 8.15. The van der Waals surface area contributed by atoms with Crippen LogP contribution in [-0.2, 0) is 6.54 Å². The highest BCUT2D eigenvalue weighted by atomic mass is 35.5. The van der Waals surface area contributed by atoms with Gasteiger partial charge in [-0.2, -0.15) is 5.10 Å². The van der Waals surface area contributed by atoms with Crippen molar-refractivity contribution in [2.24, 2.45) is 0 Å². The van der Waals surface area contributed by atoms with E-state index in [4.69, 9.17) is 28.9 Å². The van der Waals surface area contributed by atoms with E-state index in [1.807, 2.05) is 23.0 Å². The molecular formula is C11H11Cl2N3S. The molecule has 0 bridgehead atoms. The Morgan fingerprint density at radius 1 is 1.29 bits per heavy atom. The summed E-state index contributed by atoms with van der Waals surface area (Å²) in [6.45, 7) is 0.808. The Kier molecular flexibility index (Phi) is 4.20. The molecule has 1 heterocycles. The van der Waals surface area contributed by atoms with Crippen LogP contribution in [-0.4, -0.2) is 15.5 Å². The third kappa shape index (κ3) is 3.56. The molecule has 1 aromatic heterocycles. The maximum atomic E-state index is 5.93. The average molecular weight is 288 g/mol. The van der Waals surface area contributed by atoms with Gasteiger partial charge in [0, 0.05) is 16.8 Å². The number of aromatic nitrogens is 2. The smallest absolute Gasteiger partial charge is 0.0719 e. The Morgan fingerprint density at radius 2 is 2.12 bits per heavy atom. The van der Waals surface area contributed by atoms with Crippen LogP contribution in [0.4, 0.5) is 5.69 Å². The third-order valence-electron chi connectivity index (χ3n) is 2.13. The lowest BCUT2D eigenvalue weighted by molar-refractivity contribution is 0.666. The monoisotopic (exact) mass is 287 g/mol. The van der Waals surface area contributed by atoms with E-state index in [0.29, 0.717) is 15.7 Å². The number of hydrogen-bond donors (Lipinski definition) is 1. The summed E-state index contributed by atoms with van der Waals surface area (Å²) in [7, 11) is 0. The Balaban J connectivity index is 1.87. The lowest BCUT2D eigenvalue weighted by Gasteiger charge is -2.03. The zero-order chi connectivity index (χ0) is 12.3. The summed E-state index contributed by atoms with van der Waals surface area (Å²) in [5, 5.41) is 5.27. The van der Waals surface area contributed by atoms with Gasteiger partial charge in [0.05, 0.1) is 28.5 Å². The zero-order valence-electron chi connectivity index (χ0n) is 8.94. The van der Waals surface area contributed by atoms with Crippen LogP contribution in [0.1, 0.15) is 0 Å². The number of halogens is 2. The van der Waals surface area contributed by atoms with E-state index in [9.17, 15) is 0 Å². The molecule has 3 nitrogen and oxygen atoms in total. The van der Waals surface area contributed by atoms with Crippen molar-refractivity contribution in [1.82, 2.24) is 9.78 Å². The first kappa shape index (κ1) is 12.6. The fourth-order valence-electron chi connectivity index (χ4n) is 1.33. The molecule has 0 spiro atoms. The van der Waals surface area contributed by atoms with Crippen LogP contribution in [0.2, 0.25) is 10.0 Å². The fraction of sp³-hybridized carbons (Fsp3) is 0.182. The summed E-state index contributed by atoms with van der Waals surface area (Å²) in [5.74, 6) is 0.902. The lowest BCUT2D eigenvalue weighted by atomic mass is 10.4. The first-order valence-corrected chi connectivity index (χ1v) is 6.75. The van der Waals surface area contributed by atoms with Crippen LogP contribution in [0, 0.1) is 0 Å². The molecule has 0 radical (unpaired) electrons. The van der Waals surface area contributed by atoms with Gasteiger partial charge in [0.2, 0.25) is 0 Å². The van der Waals surface area contributed by atoms with Gasteiger partial charge in [-0.15, -0.1) is 11.8 Å². The van der Waals surface area contributed by atoms with E-state index in [1.54, 1.807) is 24.0 Å². The number of aryl methyl sites for hydroxylation is 1. The third-order valence-corrected chi connectivity index (χ3v) is 3.85. The molecule has 6 heteroatoms. The summed E-state index contributed by atoms with van der Waals surface area (Å²) < 4.78 is 1.82. The minimum absolute atomic E-state index is 0.580. The molecule has 1 aromatic carbocycles. The summed E-state index contributed by atoms with van der Waals surface area (Å²) in [6.07, 6.45) is 3.46. The lowest BCUT2D eigenvalue weighted by Crippen LogP contribution is -2.00. The van der Waals surface area contributed by atoms with Crippen molar-refractivity contribution >= 4 is 40.7 Å². The molecule has 2 aromatic rings. The van der Waals surface area contributed by atoms with Crippen LogP contribution < -0.4 is 5.73 Å². The number of nitrogens with two attached hydrogens (primary N) is 1. The molecule has 0 aliphatic rings. The summed E-state index contributed by atoms with van der Waals surface area (Å²) in [4.78, 5) is 1.10. The molecule has 0 aliphatic heterocycles. The molecule has 2 N–H and O–H groups in total. The minimum atomic E-state index is 0.580. The van der Waals surface area contributed by atoms with Crippen molar-refractivity contribution < 1.29 is 0 Å². The summed E-state index contributed by atoms with van der Waals surface area (Å²) >= 11 is 13.5. The SMILES string of the molecule is Nc1cnn(CCSc2ccc(Cl)c(Cl)c2)c1. The van der Waals surface area contributed by atoms with Crippen molar-refractivity contribution in [1.29, 1.82) is 0 Å². The minimum Gasteiger partial charge on any atom is -0.396 e. The number of anilines is 1. The number of nitrogen functional groups attached to an aromatic ring is 1. The van der Waals surface area contributed by atoms with E-state index in [-0.39, 0.29) is 0 Å². The Labute approximate surface area is 114 Å². The van der Waals surface area contributed by atoms with Crippen molar-refractivity contribution in [3.63, 3.8) is 0 Å². The molecule has 0 amide bonds. The van der Waals surface area contributed by atoms with Crippen LogP contribution in [0.15, 0.2) is 35.5 Å². The van der Waals surface area contributed by atoms with Crippen LogP contribution in [0.25, 0.3) is 0 Å². The van der Waals surface area contributed by atoms with E-state index >= 15 is 0 Å². The molecule has 0 fully saturated rings.